The molecule has 5 heteroatoms. The van der Waals surface area contributed by atoms with E-state index in [1.54, 1.807) is 16.4 Å². The van der Waals surface area contributed by atoms with E-state index in [0.29, 0.717) is 11.4 Å². The van der Waals surface area contributed by atoms with Crippen LogP contribution in [0.5, 0.6) is 0 Å². The van der Waals surface area contributed by atoms with Crippen LogP contribution in [-0.2, 0) is 10.0 Å². The van der Waals surface area contributed by atoms with Gasteiger partial charge in [0.15, 0.2) is 0 Å². The number of piperidine rings is 1. The van der Waals surface area contributed by atoms with Crippen LogP contribution in [0.15, 0.2) is 29.2 Å². The third-order valence-corrected chi connectivity index (χ3v) is 6.59. The van der Waals surface area contributed by atoms with Crippen LogP contribution >= 0.6 is 0 Å². The number of unbranched alkanes of at least 4 members (excludes halogenated alkanes) is 3. The Morgan fingerprint density at radius 2 is 1.87 bits per heavy atom. The van der Waals surface area contributed by atoms with E-state index in [-0.39, 0.29) is 6.04 Å². The summed E-state index contributed by atoms with van der Waals surface area (Å²) in [7, 11) is -3.35. The van der Waals surface area contributed by atoms with Crippen molar-refractivity contribution in [3.05, 3.63) is 24.3 Å². The number of rotatable bonds is 8. The molecular formula is C18H30N2O2S. The zero-order chi connectivity index (χ0) is 16.7. The second-order valence-electron chi connectivity index (χ2n) is 6.47. The topological polar surface area (TPSA) is 49.4 Å². The van der Waals surface area contributed by atoms with E-state index in [2.05, 4.69) is 12.2 Å². The lowest BCUT2D eigenvalue weighted by Gasteiger charge is -2.32. The summed E-state index contributed by atoms with van der Waals surface area (Å²) in [5.41, 5.74) is 0.993. The molecule has 0 aliphatic carbocycles. The fraction of sp³-hybridized carbons (Fsp3) is 0.667. The smallest absolute Gasteiger partial charge is 0.243 e. The number of hydrogen-bond donors (Lipinski definition) is 1. The zero-order valence-corrected chi connectivity index (χ0v) is 15.2. The van der Waals surface area contributed by atoms with E-state index in [0.717, 1.165) is 37.9 Å². The molecule has 0 saturated carbocycles. The minimum Gasteiger partial charge on any atom is -0.385 e. The molecule has 2 rings (SSSR count). The molecule has 1 heterocycles. The van der Waals surface area contributed by atoms with Gasteiger partial charge in [-0.2, -0.15) is 4.31 Å². The van der Waals surface area contributed by atoms with Gasteiger partial charge in [-0.25, -0.2) is 8.42 Å². The molecule has 1 aromatic carbocycles. The minimum absolute atomic E-state index is 0.102. The third-order valence-electron chi connectivity index (χ3n) is 4.56. The van der Waals surface area contributed by atoms with Gasteiger partial charge in [-0.15, -0.1) is 0 Å². The average Bonchev–Trinajstić information content (AvgIpc) is 2.55. The van der Waals surface area contributed by atoms with Crippen LogP contribution < -0.4 is 5.32 Å². The summed E-state index contributed by atoms with van der Waals surface area (Å²) in [5, 5.41) is 3.36. The first-order valence-corrected chi connectivity index (χ1v) is 10.4. The number of anilines is 1. The minimum atomic E-state index is -3.35. The predicted octanol–water partition coefficient (Wildman–Crippen LogP) is 4.24. The van der Waals surface area contributed by atoms with E-state index in [1.807, 2.05) is 19.1 Å². The average molecular weight is 339 g/mol. The Morgan fingerprint density at radius 3 is 2.52 bits per heavy atom. The number of sulfonamides is 1. The van der Waals surface area contributed by atoms with Gasteiger partial charge in [-0.3, -0.25) is 0 Å². The van der Waals surface area contributed by atoms with Crippen molar-refractivity contribution in [2.75, 3.05) is 18.4 Å². The maximum Gasteiger partial charge on any atom is 0.243 e. The van der Waals surface area contributed by atoms with Gasteiger partial charge < -0.3 is 5.32 Å². The molecule has 130 valence electrons. The lowest BCUT2D eigenvalue weighted by atomic mass is 10.1. The molecule has 0 aromatic heterocycles. The zero-order valence-electron chi connectivity index (χ0n) is 14.4. The highest BCUT2D eigenvalue weighted by Gasteiger charge is 2.30. The maximum atomic E-state index is 12.7. The molecule has 1 atom stereocenters. The Morgan fingerprint density at radius 1 is 1.13 bits per heavy atom. The maximum absolute atomic E-state index is 12.7. The first-order chi connectivity index (χ1) is 11.1. The van der Waals surface area contributed by atoms with Gasteiger partial charge in [0.05, 0.1) is 4.90 Å². The molecule has 1 aliphatic rings. The van der Waals surface area contributed by atoms with E-state index < -0.39 is 10.0 Å². The number of nitrogens with one attached hydrogen (secondary N) is 1. The Hall–Kier alpha value is -1.07. The van der Waals surface area contributed by atoms with E-state index in [9.17, 15) is 8.42 Å². The molecule has 0 radical (unpaired) electrons. The van der Waals surface area contributed by atoms with Crippen LogP contribution in [-0.4, -0.2) is 31.9 Å². The van der Waals surface area contributed by atoms with Crippen molar-refractivity contribution in [3.63, 3.8) is 0 Å². The monoisotopic (exact) mass is 338 g/mol. The largest absolute Gasteiger partial charge is 0.385 e. The number of benzene rings is 1. The fourth-order valence-corrected chi connectivity index (χ4v) is 4.79. The molecule has 4 nitrogen and oxygen atoms in total. The van der Waals surface area contributed by atoms with Crippen molar-refractivity contribution in [1.82, 2.24) is 4.31 Å². The molecule has 1 aliphatic heterocycles. The van der Waals surface area contributed by atoms with Crippen LogP contribution in [0, 0.1) is 0 Å². The van der Waals surface area contributed by atoms with Gasteiger partial charge in [-0.05, 0) is 50.5 Å². The molecule has 0 spiro atoms. The lowest BCUT2D eigenvalue weighted by Crippen LogP contribution is -2.41. The van der Waals surface area contributed by atoms with E-state index in [4.69, 9.17) is 0 Å². The van der Waals surface area contributed by atoms with E-state index >= 15 is 0 Å². The number of nitrogens with zero attached hydrogens (tertiary/aromatic N) is 1. The third kappa shape index (κ3) is 4.95. The summed E-state index contributed by atoms with van der Waals surface area (Å²) >= 11 is 0. The highest BCUT2D eigenvalue weighted by Crippen LogP contribution is 2.25. The van der Waals surface area contributed by atoms with Crippen molar-refractivity contribution in [2.24, 2.45) is 0 Å². The quantitative estimate of drug-likeness (QED) is 0.721. The number of hydrogen-bond acceptors (Lipinski definition) is 3. The summed E-state index contributed by atoms with van der Waals surface area (Å²) in [5.74, 6) is 0. The van der Waals surface area contributed by atoms with Crippen LogP contribution in [0.1, 0.15) is 58.8 Å². The van der Waals surface area contributed by atoms with Crippen LogP contribution in [0.4, 0.5) is 5.69 Å². The van der Waals surface area contributed by atoms with Crippen molar-refractivity contribution in [2.45, 2.75) is 69.7 Å². The van der Waals surface area contributed by atoms with Crippen LogP contribution in [0.3, 0.4) is 0 Å². The highest BCUT2D eigenvalue weighted by atomic mass is 32.2. The van der Waals surface area contributed by atoms with Crippen molar-refractivity contribution in [1.29, 1.82) is 0 Å². The molecule has 23 heavy (non-hydrogen) atoms. The Kier molecular flexibility index (Phi) is 6.90. The second-order valence-corrected chi connectivity index (χ2v) is 8.36. The second kappa shape index (κ2) is 8.69. The molecule has 1 unspecified atom stereocenters. The Bertz CT molecular complexity index is 569. The molecule has 1 fully saturated rings. The van der Waals surface area contributed by atoms with Gasteiger partial charge in [0, 0.05) is 24.8 Å². The molecule has 0 amide bonds. The normalized spacial score (nSPS) is 19.7. The van der Waals surface area contributed by atoms with Crippen molar-refractivity contribution < 1.29 is 8.42 Å². The first-order valence-electron chi connectivity index (χ1n) is 8.91. The Balaban J connectivity index is 1.95. The van der Waals surface area contributed by atoms with Gasteiger partial charge in [0.2, 0.25) is 10.0 Å². The van der Waals surface area contributed by atoms with Gasteiger partial charge in [0.1, 0.15) is 0 Å². The molecule has 0 bridgehead atoms. The van der Waals surface area contributed by atoms with Gasteiger partial charge in [0.25, 0.3) is 0 Å². The molecular weight excluding hydrogens is 308 g/mol. The molecule has 1 N–H and O–H groups in total. The molecule has 1 saturated heterocycles. The highest BCUT2D eigenvalue weighted by molar-refractivity contribution is 7.89. The van der Waals surface area contributed by atoms with E-state index in [1.165, 1.54) is 19.3 Å². The summed E-state index contributed by atoms with van der Waals surface area (Å²) in [6, 6.07) is 7.31. The van der Waals surface area contributed by atoms with Crippen molar-refractivity contribution >= 4 is 15.7 Å². The van der Waals surface area contributed by atoms with Gasteiger partial charge >= 0.3 is 0 Å². The standard InChI is InChI=1S/C18H30N2O2S/c1-3-4-5-7-14-19-17-10-12-18(13-11-17)23(21,22)20-15-8-6-9-16(20)2/h10-13,16,19H,3-9,14-15H2,1-2H3. The summed E-state index contributed by atoms with van der Waals surface area (Å²) in [6.45, 7) is 5.79. The fourth-order valence-electron chi connectivity index (χ4n) is 3.09. The van der Waals surface area contributed by atoms with Crippen molar-refractivity contribution in [3.8, 4) is 0 Å². The molecule has 1 aromatic rings. The Labute approximate surface area is 141 Å². The summed E-state index contributed by atoms with van der Waals surface area (Å²) in [4.78, 5) is 0.405. The van der Waals surface area contributed by atoms with Crippen LogP contribution in [0.2, 0.25) is 0 Å². The predicted molar refractivity (Wildman–Crippen MR) is 96.3 cm³/mol. The summed E-state index contributed by atoms with van der Waals surface area (Å²) in [6.07, 6.45) is 7.93. The van der Waals surface area contributed by atoms with Gasteiger partial charge in [-0.1, -0.05) is 32.6 Å². The first kappa shape index (κ1) is 18.3. The van der Waals surface area contributed by atoms with Crippen LogP contribution in [0.25, 0.3) is 0 Å². The SMILES string of the molecule is CCCCCCNc1ccc(S(=O)(=O)N2CCCCC2C)cc1. The summed E-state index contributed by atoms with van der Waals surface area (Å²) < 4.78 is 27.1. The lowest BCUT2D eigenvalue weighted by molar-refractivity contribution is 0.268.